The number of amides is 1. The van der Waals surface area contributed by atoms with Crippen molar-refractivity contribution >= 4 is 12.1 Å². The maximum Gasteiger partial charge on any atom is 0.410 e. The molecule has 5 nitrogen and oxygen atoms in total. The lowest BCUT2D eigenvalue weighted by molar-refractivity contribution is -0.149. The van der Waals surface area contributed by atoms with Gasteiger partial charge in [0.25, 0.3) is 0 Å². The quantitative estimate of drug-likeness (QED) is 0.638. The molecule has 2 atom stereocenters. The van der Waals surface area contributed by atoms with Crippen molar-refractivity contribution in [3.8, 4) is 0 Å². The summed E-state index contributed by atoms with van der Waals surface area (Å²) in [4.78, 5) is 25.3. The molecular weight excluding hydrogens is 246 g/mol. The van der Waals surface area contributed by atoms with Gasteiger partial charge in [0, 0.05) is 12.6 Å². The third-order valence-electron chi connectivity index (χ3n) is 3.13. The Labute approximate surface area is 116 Å². The molecule has 2 unspecified atom stereocenters. The first kappa shape index (κ1) is 17.7. The first-order valence-electron chi connectivity index (χ1n) is 7.09. The normalized spacial score (nSPS) is 13.5. The van der Waals surface area contributed by atoms with Gasteiger partial charge in [0.05, 0.1) is 19.1 Å². The van der Waals surface area contributed by atoms with Gasteiger partial charge in [-0.25, -0.2) is 4.79 Å². The summed E-state index contributed by atoms with van der Waals surface area (Å²) >= 11 is 0. The summed E-state index contributed by atoms with van der Waals surface area (Å²) < 4.78 is 10.0. The summed E-state index contributed by atoms with van der Waals surface area (Å²) in [5.41, 5.74) is 0. The van der Waals surface area contributed by atoms with E-state index in [1.165, 1.54) is 0 Å². The summed E-state index contributed by atoms with van der Waals surface area (Å²) in [6, 6.07) is -0.232. The first-order chi connectivity index (χ1) is 8.99. The summed E-state index contributed by atoms with van der Waals surface area (Å²) in [5, 5.41) is 0. The van der Waals surface area contributed by atoms with Gasteiger partial charge >= 0.3 is 12.1 Å². The van der Waals surface area contributed by atoms with Gasteiger partial charge in [-0.2, -0.15) is 0 Å². The van der Waals surface area contributed by atoms with Gasteiger partial charge in [-0.15, -0.1) is 0 Å². The molecule has 1 amide bonds. The van der Waals surface area contributed by atoms with Crippen LogP contribution in [0, 0.1) is 5.92 Å². The number of hydrogen-bond acceptors (Lipinski definition) is 4. The minimum atomic E-state index is -0.361. The molecule has 0 aromatic carbocycles. The van der Waals surface area contributed by atoms with Gasteiger partial charge in [0.15, 0.2) is 0 Å². The lowest BCUT2D eigenvalue weighted by Crippen LogP contribution is -2.45. The highest BCUT2D eigenvalue weighted by atomic mass is 16.6. The van der Waals surface area contributed by atoms with Crippen molar-refractivity contribution in [2.24, 2.45) is 5.92 Å². The molecule has 0 aliphatic heterocycles. The smallest absolute Gasteiger partial charge is 0.410 e. The van der Waals surface area contributed by atoms with E-state index in [2.05, 4.69) is 6.92 Å². The third-order valence-corrected chi connectivity index (χ3v) is 3.13. The largest absolute Gasteiger partial charge is 0.466 e. The van der Waals surface area contributed by atoms with Gasteiger partial charge in [-0.05, 0) is 34.1 Å². The van der Waals surface area contributed by atoms with E-state index in [0.29, 0.717) is 19.8 Å². The van der Waals surface area contributed by atoms with Gasteiger partial charge in [0.2, 0.25) is 0 Å². The fraction of sp³-hybridized carbons (Fsp3) is 0.857. The maximum absolute atomic E-state index is 11.9. The van der Waals surface area contributed by atoms with Crippen LogP contribution in [0.1, 0.15) is 47.5 Å². The number of esters is 1. The molecular formula is C14H27NO4. The molecule has 19 heavy (non-hydrogen) atoms. The zero-order chi connectivity index (χ0) is 14.8. The first-order valence-corrected chi connectivity index (χ1v) is 7.09. The molecule has 0 heterocycles. The van der Waals surface area contributed by atoms with Crippen molar-refractivity contribution in [2.45, 2.75) is 53.5 Å². The molecule has 0 spiro atoms. The monoisotopic (exact) mass is 273 g/mol. The molecule has 0 aromatic rings. The average Bonchev–Trinajstić information content (AvgIpc) is 2.38. The van der Waals surface area contributed by atoms with Crippen molar-refractivity contribution in [1.29, 1.82) is 0 Å². The summed E-state index contributed by atoms with van der Waals surface area (Å²) in [7, 11) is 0. The Morgan fingerprint density at radius 1 is 1.05 bits per heavy atom. The predicted molar refractivity (Wildman–Crippen MR) is 73.9 cm³/mol. The minimum absolute atomic E-state index is 0.232. The molecule has 0 N–H and O–H groups in total. The number of nitrogens with zero attached hydrogens (tertiary/aromatic N) is 1. The van der Waals surface area contributed by atoms with Crippen LogP contribution in [-0.2, 0) is 14.3 Å². The van der Waals surface area contributed by atoms with Gasteiger partial charge in [0.1, 0.15) is 0 Å². The zero-order valence-electron chi connectivity index (χ0n) is 12.8. The molecule has 0 aliphatic carbocycles. The molecule has 0 saturated carbocycles. The highest BCUT2D eigenvalue weighted by Gasteiger charge is 2.30. The Bertz CT molecular complexity index is 281. The van der Waals surface area contributed by atoms with Crippen LogP contribution in [0.5, 0.6) is 0 Å². The van der Waals surface area contributed by atoms with Crippen LogP contribution >= 0.6 is 0 Å². The Hall–Kier alpha value is -1.26. The number of ether oxygens (including phenoxy) is 2. The summed E-state index contributed by atoms with van der Waals surface area (Å²) in [6.45, 7) is 10.5. The van der Waals surface area contributed by atoms with Crippen LogP contribution in [0.3, 0.4) is 0 Å². The van der Waals surface area contributed by atoms with E-state index in [1.807, 2.05) is 6.92 Å². The van der Waals surface area contributed by atoms with Gasteiger partial charge in [-0.3, -0.25) is 4.79 Å². The second-order valence-corrected chi connectivity index (χ2v) is 4.53. The lowest BCUT2D eigenvalue weighted by atomic mass is 10.0. The number of carbonyl (C=O) groups is 2. The van der Waals surface area contributed by atoms with Gasteiger partial charge in [-0.1, -0.05) is 13.3 Å². The van der Waals surface area contributed by atoms with E-state index in [-0.39, 0.29) is 24.0 Å². The van der Waals surface area contributed by atoms with E-state index in [4.69, 9.17) is 9.47 Å². The molecule has 112 valence electrons. The van der Waals surface area contributed by atoms with Crippen LogP contribution in [0.2, 0.25) is 0 Å². The van der Waals surface area contributed by atoms with Crippen molar-refractivity contribution in [1.82, 2.24) is 4.90 Å². The third kappa shape index (κ3) is 5.94. The number of unbranched alkanes of at least 4 members (excludes halogenated alkanes) is 1. The topological polar surface area (TPSA) is 55.8 Å². The number of hydrogen-bond donors (Lipinski definition) is 0. The second kappa shape index (κ2) is 9.64. The Balaban J connectivity index is 4.72. The van der Waals surface area contributed by atoms with Crippen LogP contribution in [0.25, 0.3) is 0 Å². The van der Waals surface area contributed by atoms with E-state index in [0.717, 1.165) is 12.8 Å². The van der Waals surface area contributed by atoms with Crippen molar-refractivity contribution < 1.29 is 19.1 Å². The summed E-state index contributed by atoms with van der Waals surface area (Å²) in [5.74, 6) is -0.637. The standard InChI is InChI=1S/C14H27NO4/c1-6-9-10-15(14(17)19-8-3)12(5)11(4)13(16)18-7-2/h11-12H,6-10H2,1-5H3. The molecule has 0 saturated heterocycles. The van der Waals surface area contributed by atoms with Crippen molar-refractivity contribution in [3.63, 3.8) is 0 Å². The molecule has 0 rings (SSSR count). The fourth-order valence-corrected chi connectivity index (χ4v) is 1.74. The molecule has 0 bridgehead atoms. The van der Waals surface area contributed by atoms with Crippen molar-refractivity contribution in [2.75, 3.05) is 19.8 Å². The molecule has 0 aromatic heterocycles. The van der Waals surface area contributed by atoms with E-state index in [1.54, 1.807) is 25.7 Å². The highest BCUT2D eigenvalue weighted by Crippen LogP contribution is 2.15. The average molecular weight is 273 g/mol. The fourth-order valence-electron chi connectivity index (χ4n) is 1.74. The van der Waals surface area contributed by atoms with E-state index >= 15 is 0 Å². The van der Waals surface area contributed by atoms with E-state index < -0.39 is 0 Å². The summed E-state index contributed by atoms with van der Waals surface area (Å²) in [6.07, 6.45) is 1.51. The molecule has 0 radical (unpaired) electrons. The Morgan fingerprint density at radius 3 is 2.11 bits per heavy atom. The molecule has 0 fully saturated rings. The van der Waals surface area contributed by atoms with Crippen LogP contribution in [0.15, 0.2) is 0 Å². The van der Waals surface area contributed by atoms with Gasteiger partial charge < -0.3 is 14.4 Å². The Morgan fingerprint density at radius 2 is 1.63 bits per heavy atom. The van der Waals surface area contributed by atoms with Crippen LogP contribution < -0.4 is 0 Å². The predicted octanol–water partition coefficient (Wildman–Crippen LogP) is 2.83. The molecule has 0 aliphatic rings. The van der Waals surface area contributed by atoms with Crippen molar-refractivity contribution in [3.05, 3.63) is 0 Å². The number of rotatable bonds is 8. The van der Waals surface area contributed by atoms with Crippen LogP contribution in [-0.4, -0.2) is 42.8 Å². The van der Waals surface area contributed by atoms with E-state index in [9.17, 15) is 9.59 Å². The zero-order valence-corrected chi connectivity index (χ0v) is 12.8. The van der Waals surface area contributed by atoms with Crippen LogP contribution in [0.4, 0.5) is 4.79 Å². The maximum atomic E-state index is 11.9. The Kier molecular flexibility index (Phi) is 9.00. The highest BCUT2D eigenvalue weighted by molar-refractivity contribution is 5.74. The molecule has 5 heteroatoms. The second-order valence-electron chi connectivity index (χ2n) is 4.53. The lowest BCUT2D eigenvalue weighted by Gasteiger charge is -2.31. The SMILES string of the molecule is CCCCN(C(=O)OCC)C(C)C(C)C(=O)OCC. The number of carbonyl (C=O) groups excluding carboxylic acids is 2. The minimum Gasteiger partial charge on any atom is -0.466 e.